The van der Waals surface area contributed by atoms with Gasteiger partial charge in [-0.05, 0) is 86.2 Å². The van der Waals surface area contributed by atoms with Gasteiger partial charge in [0.1, 0.15) is 23.3 Å². The number of aryl methyl sites for hydroxylation is 2. The highest BCUT2D eigenvalue weighted by atomic mass is 35.5. The van der Waals surface area contributed by atoms with Crippen LogP contribution in [0.3, 0.4) is 0 Å². The number of likely N-dealkylation sites (tertiary alicyclic amines) is 1. The number of aliphatic imine (C=N–C) groups is 1. The fourth-order valence-electron chi connectivity index (χ4n) is 7.77. The third kappa shape index (κ3) is 12.0. The van der Waals surface area contributed by atoms with Crippen molar-refractivity contribution in [2.24, 2.45) is 4.99 Å². The average molecular weight is 922 g/mol. The van der Waals surface area contributed by atoms with Gasteiger partial charge in [-0.3, -0.25) is 29.6 Å². The molecule has 4 aromatic carbocycles. The number of carbonyl (C=O) groups excluding carboxylic acids is 4. The second kappa shape index (κ2) is 21.8. The number of pyridine rings is 2. The molecule has 4 heterocycles. The number of hydrogen-bond donors (Lipinski definition) is 3. The van der Waals surface area contributed by atoms with Crippen molar-refractivity contribution in [2.45, 2.75) is 46.0 Å². The van der Waals surface area contributed by atoms with E-state index in [1.807, 2.05) is 75.5 Å². The summed E-state index contributed by atoms with van der Waals surface area (Å²) in [6, 6.07) is 32.2. The standard InChI is InChI=1S/C27H27ClN4O2.C25H23ClN4O2/c1-18-5-6-21(23(15-18)27(34)31-25-12-11-22(28)17-30-25)16-24(33)19-7-9-20(10-8-19)26(29)32-13-3-2-4-14-32;1-16-4-3-5-20(25(32)29-23-11-10-19(26)15-28-23)21(16)14-22(31)17-6-8-18(9-7-17)24-27-12-13-30(24)2/h5-12,15,17,29H,2-4,13-14,16H2,1H3,(H,30,31,34);3-11,15H,12-14H2,1-2H3,(H,28,29,32). The Kier molecular flexibility index (Phi) is 15.5. The van der Waals surface area contributed by atoms with Crippen molar-refractivity contribution in [3.63, 3.8) is 0 Å². The van der Waals surface area contributed by atoms with E-state index in [0.29, 0.717) is 60.9 Å². The highest BCUT2D eigenvalue weighted by Gasteiger charge is 2.21. The maximum absolute atomic E-state index is 13.0. The molecule has 3 N–H and O–H groups in total. The molecule has 0 aliphatic carbocycles. The number of aromatic nitrogens is 2. The van der Waals surface area contributed by atoms with Crippen LogP contribution in [-0.2, 0) is 12.8 Å². The number of anilines is 2. The van der Waals surface area contributed by atoms with Crippen LogP contribution in [0.5, 0.6) is 0 Å². The van der Waals surface area contributed by atoms with Gasteiger partial charge in [0.15, 0.2) is 11.6 Å². The minimum absolute atomic E-state index is 0.0498. The van der Waals surface area contributed by atoms with E-state index in [0.717, 1.165) is 67.1 Å². The highest BCUT2D eigenvalue weighted by molar-refractivity contribution is 6.30. The Morgan fingerprint density at radius 1 is 0.652 bits per heavy atom. The number of piperidine rings is 1. The van der Waals surface area contributed by atoms with E-state index in [1.54, 1.807) is 54.6 Å². The summed E-state index contributed by atoms with van der Waals surface area (Å²) < 4.78 is 0. The van der Waals surface area contributed by atoms with Crippen molar-refractivity contribution in [2.75, 3.05) is 43.9 Å². The number of carbonyl (C=O) groups is 4. The van der Waals surface area contributed by atoms with E-state index in [9.17, 15) is 19.2 Å². The van der Waals surface area contributed by atoms with Gasteiger partial charge in [0.05, 0.1) is 16.6 Å². The lowest BCUT2D eigenvalue weighted by atomic mass is 9.94. The molecule has 1 fully saturated rings. The van der Waals surface area contributed by atoms with Crippen LogP contribution in [0, 0.1) is 19.3 Å². The summed E-state index contributed by atoms with van der Waals surface area (Å²) in [6.07, 6.45) is 6.60. The number of amidine groups is 2. The fourth-order valence-corrected chi connectivity index (χ4v) is 8.00. The van der Waals surface area contributed by atoms with Crippen molar-refractivity contribution in [3.05, 3.63) is 187 Å². The predicted molar refractivity (Wildman–Crippen MR) is 262 cm³/mol. The number of likely N-dealkylation sites (N-methyl/N-ethyl adjacent to an activating group) is 1. The lowest BCUT2D eigenvalue weighted by Crippen LogP contribution is -2.35. The molecule has 0 atom stereocenters. The summed E-state index contributed by atoms with van der Waals surface area (Å²) in [5, 5.41) is 15.0. The molecule has 6 aromatic rings. The largest absolute Gasteiger partial charge is 0.358 e. The van der Waals surface area contributed by atoms with Crippen LogP contribution >= 0.6 is 23.2 Å². The second-order valence-electron chi connectivity index (χ2n) is 16.3. The molecule has 0 bridgehead atoms. The molecule has 336 valence electrons. The molecule has 2 aliphatic rings. The summed E-state index contributed by atoms with van der Waals surface area (Å²) in [5.74, 6) is 1.46. The molecule has 12 nitrogen and oxygen atoms in total. The molecule has 0 unspecified atom stereocenters. The summed E-state index contributed by atoms with van der Waals surface area (Å²) >= 11 is 11.7. The Labute approximate surface area is 394 Å². The van der Waals surface area contributed by atoms with Crippen LogP contribution < -0.4 is 10.6 Å². The normalized spacial score (nSPS) is 13.3. The Hall–Kier alpha value is -7.02. The van der Waals surface area contributed by atoms with Gasteiger partial charge >= 0.3 is 0 Å². The lowest BCUT2D eigenvalue weighted by Gasteiger charge is -2.29. The summed E-state index contributed by atoms with van der Waals surface area (Å²) in [4.78, 5) is 68.8. The van der Waals surface area contributed by atoms with Crippen LogP contribution in [0.4, 0.5) is 11.6 Å². The zero-order valence-corrected chi connectivity index (χ0v) is 38.5. The Balaban J connectivity index is 0.000000197. The molecule has 14 heteroatoms. The number of rotatable bonds is 12. The van der Waals surface area contributed by atoms with E-state index in [2.05, 4.69) is 35.4 Å². The molecule has 0 radical (unpaired) electrons. The first-order valence-electron chi connectivity index (χ1n) is 21.7. The number of Topliss-reactive ketones (excluding diaryl/α,β-unsaturated/α-hetero) is 2. The van der Waals surface area contributed by atoms with Crippen molar-refractivity contribution in [1.82, 2.24) is 19.8 Å². The van der Waals surface area contributed by atoms with Gasteiger partial charge in [-0.15, -0.1) is 0 Å². The highest BCUT2D eigenvalue weighted by Crippen LogP contribution is 2.22. The zero-order chi connectivity index (χ0) is 46.7. The maximum Gasteiger partial charge on any atom is 0.257 e. The molecule has 2 aromatic heterocycles. The van der Waals surface area contributed by atoms with Crippen LogP contribution in [0.2, 0.25) is 10.0 Å². The first-order chi connectivity index (χ1) is 31.8. The molecule has 0 saturated carbocycles. The van der Waals surface area contributed by atoms with Gasteiger partial charge in [0.2, 0.25) is 0 Å². The van der Waals surface area contributed by atoms with Crippen molar-refractivity contribution < 1.29 is 19.2 Å². The zero-order valence-electron chi connectivity index (χ0n) is 37.0. The third-order valence-corrected chi connectivity index (χ3v) is 11.9. The number of benzene rings is 4. The number of nitrogens with zero attached hydrogens (tertiary/aromatic N) is 5. The first kappa shape index (κ1) is 47.0. The summed E-state index contributed by atoms with van der Waals surface area (Å²) in [5.41, 5.74) is 7.00. The minimum Gasteiger partial charge on any atom is -0.358 e. The van der Waals surface area contributed by atoms with E-state index in [4.69, 9.17) is 28.6 Å². The second-order valence-corrected chi connectivity index (χ2v) is 17.1. The van der Waals surface area contributed by atoms with Gasteiger partial charge in [-0.25, -0.2) is 9.97 Å². The van der Waals surface area contributed by atoms with Gasteiger partial charge < -0.3 is 20.4 Å². The Morgan fingerprint density at radius 2 is 1.23 bits per heavy atom. The summed E-state index contributed by atoms with van der Waals surface area (Å²) in [7, 11) is 2.01. The van der Waals surface area contributed by atoms with Gasteiger partial charge in [-0.2, -0.15) is 0 Å². The SMILES string of the molecule is Cc1ccc(CC(=O)c2ccc(C(=N)N3CCCCC3)cc2)c(C(=O)Nc2ccc(Cl)cn2)c1.Cc1cccc(C(=O)Nc2ccc(Cl)cn2)c1CC(=O)c1ccc(C2=NCCN2C)cc1. The van der Waals surface area contributed by atoms with E-state index in [1.165, 1.54) is 18.8 Å². The monoisotopic (exact) mass is 920 g/mol. The summed E-state index contributed by atoms with van der Waals surface area (Å²) in [6.45, 7) is 7.30. The maximum atomic E-state index is 13.0. The lowest BCUT2D eigenvalue weighted by molar-refractivity contribution is 0.0980. The van der Waals surface area contributed by atoms with Crippen molar-refractivity contribution in [1.29, 1.82) is 5.41 Å². The van der Waals surface area contributed by atoms with Gasteiger partial charge in [0.25, 0.3) is 11.8 Å². The number of halogens is 2. The number of nitrogens with one attached hydrogen (secondary N) is 3. The number of hydrogen-bond acceptors (Lipinski definition) is 9. The quantitative estimate of drug-likeness (QED) is 0.0621. The molecular weight excluding hydrogens is 872 g/mol. The van der Waals surface area contributed by atoms with E-state index in [-0.39, 0.29) is 36.2 Å². The van der Waals surface area contributed by atoms with Crippen LogP contribution in [-0.4, -0.2) is 88.0 Å². The van der Waals surface area contributed by atoms with Crippen LogP contribution in [0.1, 0.15) is 94.1 Å². The van der Waals surface area contributed by atoms with Gasteiger partial charge in [0, 0.05) is 85.3 Å². The van der Waals surface area contributed by atoms with Gasteiger partial charge in [-0.1, -0.05) is 102 Å². The molecule has 8 rings (SSSR count). The Bertz CT molecular complexity index is 2770. The Morgan fingerprint density at radius 3 is 1.80 bits per heavy atom. The molecule has 0 spiro atoms. The average Bonchev–Trinajstić information content (AvgIpc) is 3.77. The number of ketones is 2. The third-order valence-electron chi connectivity index (χ3n) is 11.5. The van der Waals surface area contributed by atoms with Crippen molar-refractivity contribution >= 4 is 69.9 Å². The van der Waals surface area contributed by atoms with E-state index < -0.39 is 0 Å². The molecule has 2 amide bonds. The fraction of sp³-hybridized carbons (Fsp3) is 0.231. The van der Waals surface area contributed by atoms with Crippen molar-refractivity contribution in [3.8, 4) is 0 Å². The first-order valence-corrected chi connectivity index (χ1v) is 22.5. The molecule has 2 aliphatic heterocycles. The van der Waals surface area contributed by atoms with Crippen LogP contribution in [0.25, 0.3) is 0 Å². The predicted octanol–water partition coefficient (Wildman–Crippen LogP) is 9.95. The smallest absolute Gasteiger partial charge is 0.257 e. The minimum atomic E-state index is -0.327. The number of amides is 2. The van der Waals surface area contributed by atoms with E-state index >= 15 is 0 Å². The molecular formula is C52H50Cl2N8O4. The van der Waals surface area contributed by atoms with Crippen LogP contribution in [0.15, 0.2) is 127 Å². The molecule has 66 heavy (non-hydrogen) atoms. The topological polar surface area (TPSA) is 161 Å². The molecule has 1 saturated heterocycles.